The predicted molar refractivity (Wildman–Crippen MR) is 97.6 cm³/mol. The van der Waals surface area contributed by atoms with E-state index in [2.05, 4.69) is 24.1 Å². The fraction of sp³-hybridized carbons (Fsp3) is 0.450. The molecule has 0 spiro atoms. The summed E-state index contributed by atoms with van der Waals surface area (Å²) in [5.74, 6) is 0.198. The van der Waals surface area contributed by atoms with E-state index in [1.807, 2.05) is 36.4 Å². The van der Waals surface area contributed by atoms with E-state index in [-0.39, 0.29) is 11.4 Å². The summed E-state index contributed by atoms with van der Waals surface area (Å²) in [6.07, 6.45) is 2.52. The molecule has 1 aromatic heterocycles. The van der Waals surface area contributed by atoms with Gasteiger partial charge in [-0.2, -0.15) is 0 Å². The fourth-order valence-corrected chi connectivity index (χ4v) is 3.24. The van der Waals surface area contributed by atoms with Crippen LogP contribution in [0, 0.1) is 0 Å². The Morgan fingerprint density at radius 2 is 1.92 bits per heavy atom. The van der Waals surface area contributed by atoms with E-state index >= 15 is 0 Å². The molecule has 3 rings (SSSR count). The van der Waals surface area contributed by atoms with Crippen LogP contribution in [-0.4, -0.2) is 49.2 Å². The van der Waals surface area contributed by atoms with Gasteiger partial charge in [-0.25, -0.2) is 0 Å². The Hall–Kier alpha value is -2.11. The van der Waals surface area contributed by atoms with Crippen LogP contribution >= 0.6 is 0 Å². The number of rotatable bonds is 6. The van der Waals surface area contributed by atoms with Gasteiger partial charge in [0, 0.05) is 30.7 Å². The maximum absolute atomic E-state index is 12.7. The molecule has 1 saturated heterocycles. The van der Waals surface area contributed by atoms with Gasteiger partial charge in [0.25, 0.3) is 5.91 Å². The number of benzene rings is 1. The van der Waals surface area contributed by atoms with Crippen molar-refractivity contribution in [3.05, 3.63) is 48.4 Å². The maximum atomic E-state index is 12.7. The van der Waals surface area contributed by atoms with Gasteiger partial charge in [-0.05, 0) is 25.0 Å². The maximum Gasteiger partial charge on any atom is 0.287 e. The minimum absolute atomic E-state index is 0.0844. The van der Waals surface area contributed by atoms with Crippen molar-refractivity contribution in [1.29, 1.82) is 0 Å². The van der Waals surface area contributed by atoms with E-state index in [9.17, 15) is 4.79 Å². The Labute approximate surface area is 149 Å². The van der Waals surface area contributed by atoms with Crippen molar-refractivity contribution >= 4 is 5.91 Å². The quantitative estimate of drug-likeness (QED) is 0.876. The van der Waals surface area contributed by atoms with Crippen molar-refractivity contribution in [3.8, 4) is 11.1 Å². The average Bonchev–Trinajstić information content (AvgIpc) is 3.17. The van der Waals surface area contributed by atoms with Crippen LogP contribution in [0.4, 0.5) is 0 Å². The lowest BCUT2D eigenvalue weighted by Crippen LogP contribution is -2.56. The van der Waals surface area contributed by atoms with Crippen LogP contribution in [0.25, 0.3) is 11.1 Å². The largest absolute Gasteiger partial charge is 0.459 e. The zero-order valence-corrected chi connectivity index (χ0v) is 15.0. The molecule has 2 aromatic rings. The lowest BCUT2D eigenvalue weighted by Gasteiger charge is -2.43. The highest BCUT2D eigenvalue weighted by Crippen LogP contribution is 2.25. The summed E-state index contributed by atoms with van der Waals surface area (Å²) in [5, 5.41) is 3.07. The van der Waals surface area contributed by atoms with Gasteiger partial charge in [-0.3, -0.25) is 9.69 Å². The molecule has 0 aliphatic carbocycles. The molecule has 0 radical (unpaired) electrons. The van der Waals surface area contributed by atoms with Gasteiger partial charge >= 0.3 is 0 Å². The topological polar surface area (TPSA) is 54.7 Å². The second-order valence-corrected chi connectivity index (χ2v) is 6.66. The van der Waals surface area contributed by atoms with E-state index in [0.29, 0.717) is 12.3 Å². The molecule has 1 amide bonds. The van der Waals surface area contributed by atoms with Gasteiger partial charge < -0.3 is 14.5 Å². The monoisotopic (exact) mass is 342 g/mol. The lowest BCUT2D eigenvalue weighted by molar-refractivity contribution is -0.0170. The molecule has 1 atom stereocenters. The Morgan fingerprint density at radius 1 is 1.20 bits per heavy atom. The lowest BCUT2D eigenvalue weighted by atomic mass is 9.95. The molecule has 2 heterocycles. The van der Waals surface area contributed by atoms with Crippen molar-refractivity contribution in [2.24, 2.45) is 0 Å². The highest BCUT2D eigenvalue weighted by atomic mass is 16.5. The Bertz CT molecular complexity index is 692. The average molecular weight is 342 g/mol. The molecule has 1 aliphatic rings. The summed E-state index contributed by atoms with van der Waals surface area (Å²) in [4.78, 5) is 15.1. The standard InChI is InChI=1S/C20H26N2O3/c1-3-20(2,22-10-13-24-14-11-22)15-21-19(23)18-17(9-12-25-18)16-7-5-4-6-8-16/h4-9,12H,3,10-11,13-15H2,1-2H3,(H,21,23)/t20-/m0/s1. The molecule has 1 aromatic carbocycles. The SMILES string of the molecule is CC[C@@](C)(CNC(=O)c1occc1-c1ccccc1)N1CCOCC1. The number of carbonyl (C=O) groups is 1. The first-order valence-electron chi connectivity index (χ1n) is 8.88. The first kappa shape index (κ1) is 17.7. The predicted octanol–water partition coefficient (Wildman–Crippen LogP) is 3.18. The van der Waals surface area contributed by atoms with Gasteiger partial charge in [0.15, 0.2) is 5.76 Å². The molecular weight excluding hydrogens is 316 g/mol. The Morgan fingerprint density at radius 3 is 2.60 bits per heavy atom. The summed E-state index contributed by atoms with van der Waals surface area (Å²) in [5.41, 5.74) is 1.72. The van der Waals surface area contributed by atoms with Crippen LogP contribution in [0.5, 0.6) is 0 Å². The van der Waals surface area contributed by atoms with Gasteiger partial charge in [0.1, 0.15) is 0 Å². The first-order chi connectivity index (χ1) is 12.1. The van der Waals surface area contributed by atoms with E-state index in [1.54, 1.807) is 6.26 Å². The van der Waals surface area contributed by atoms with E-state index in [4.69, 9.17) is 9.15 Å². The molecule has 5 heteroatoms. The van der Waals surface area contributed by atoms with Crippen LogP contribution in [0.3, 0.4) is 0 Å². The summed E-state index contributed by atoms with van der Waals surface area (Å²) < 4.78 is 10.9. The smallest absolute Gasteiger partial charge is 0.287 e. The van der Waals surface area contributed by atoms with Crippen molar-refractivity contribution in [1.82, 2.24) is 10.2 Å². The molecule has 25 heavy (non-hydrogen) atoms. The Kier molecular flexibility index (Phi) is 5.56. The zero-order valence-electron chi connectivity index (χ0n) is 15.0. The molecule has 0 bridgehead atoms. The number of carbonyl (C=O) groups excluding carboxylic acids is 1. The number of furan rings is 1. The third-order valence-corrected chi connectivity index (χ3v) is 5.12. The molecule has 1 aliphatic heterocycles. The van der Waals surface area contributed by atoms with Crippen molar-refractivity contribution < 1.29 is 13.9 Å². The van der Waals surface area contributed by atoms with Gasteiger partial charge in [0.05, 0.1) is 19.5 Å². The van der Waals surface area contributed by atoms with E-state index in [1.165, 1.54) is 0 Å². The molecule has 0 saturated carbocycles. The number of morpholine rings is 1. The molecular formula is C20H26N2O3. The minimum Gasteiger partial charge on any atom is -0.459 e. The second-order valence-electron chi connectivity index (χ2n) is 6.66. The summed E-state index contributed by atoms with van der Waals surface area (Å²) in [6, 6.07) is 11.7. The normalized spacial score (nSPS) is 17.8. The highest BCUT2D eigenvalue weighted by molar-refractivity contribution is 5.98. The van der Waals surface area contributed by atoms with Crippen molar-refractivity contribution in [3.63, 3.8) is 0 Å². The highest BCUT2D eigenvalue weighted by Gasteiger charge is 2.32. The van der Waals surface area contributed by atoms with Gasteiger partial charge in [-0.1, -0.05) is 37.3 Å². The molecule has 134 valence electrons. The number of amides is 1. The second kappa shape index (κ2) is 7.85. The minimum atomic E-state index is -0.170. The number of nitrogens with one attached hydrogen (secondary N) is 1. The van der Waals surface area contributed by atoms with Crippen molar-refractivity contribution in [2.75, 3.05) is 32.8 Å². The van der Waals surface area contributed by atoms with E-state index < -0.39 is 0 Å². The molecule has 1 N–H and O–H groups in total. The van der Waals surface area contributed by atoms with Gasteiger partial charge in [0.2, 0.25) is 0 Å². The summed E-state index contributed by atoms with van der Waals surface area (Å²) >= 11 is 0. The first-order valence-corrected chi connectivity index (χ1v) is 8.88. The van der Waals surface area contributed by atoms with Crippen LogP contribution in [0.15, 0.2) is 47.1 Å². The van der Waals surface area contributed by atoms with Crippen LogP contribution < -0.4 is 5.32 Å². The van der Waals surface area contributed by atoms with Crippen LogP contribution in [0.2, 0.25) is 0 Å². The number of nitrogens with zero attached hydrogens (tertiary/aromatic N) is 1. The molecule has 0 unspecified atom stereocenters. The van der Waals surface area contributed by atoms with Gasteiger partial charge in [-0.15, -0.1) is 0 Å². The third-order valence-electron chi connectivity index (χ3n) is 5.12. The number of hydrogen-bond donors (Lipinski definition) is 1. The van der Waals surface area contributed by atoms with Crippen molar-refractivity contribution in [2.45, 2.75) is 25.8 Å². The molecule has 5 nitrogen and oxygen atoms in total. The fourth-order valence-electron chi connectivity index (χ4n) is 3.24. The van der Waals surface area contributed by atoms with Crippen LogP contribution in [-0.2, 0) is 4.74 Å². The Balaban J connectivity index is 1.69. The molecule has 1 fully saturated rings. The van der Waals surface area contributed by atoms with Crippen LogP contribution in [0.1, 0.15) is 30.8 Å². The number of hydrogen-bond acceptors (Lipinski definition) is 4. The number of ether oxygens (including phenoxy) is 1. The van der Waals surface area contributed by atoms with E-state index in [0.717, 1.165) is 43.9 Å². The summed E-state index contributed by atoms with van der Waals surface area (Å²) in [6.45, 7) is 8.23. The third kappa shape index (κ3) is 3.94. The summed E-state index contributed by atoms with van der Waals surface area (Å²) in [7, 11) is 0. The zero-order chi connectivity index (χ0) is 17.7.